The summed E-state index contributed by atoms with van der Waals surface area (Å²) in [7, 11) is 3.38. The van der Waals surface area contributed by atoms with E-state index in [1.165, 1.54) is 0 Å². The highest BCUT2D eigenvalue weighted by atomic mass is 16.5. The van der Waals surface area contributed by atoms with Crippen molar-refractivity contribution in [3.05, 3.63) is 23.3 Å². The number of hydrogen-bond donors (Lipinski definition) is 1. The number of aryl methyl sites for hydroxylation is 2. The van der Waals surface area contributed by atoms with Crippen LogP contribution in [0.15, 0.2) is 12.1 Å². The molecule has 1 aromatic rings. The normalized spacial score (nSPS) is 11.3. The van der Waals surface area contributed by atoms with Crippen molar-refractivity contribution < 1.29 is 9.53 Å². The second-order valence-corrected chi connectivity index (χ2v) is 5.58. The zero-order valence-electron chi connectivity index (χ0n) is 12.7. The van der Waals surface area contributed by atoms with Gasteiger partial charge in [-0.15, -0.1) is 0 Å². The third kappa shape index (κ3) is 3.07. The van der Waals surface area contributed by atoms with E-state index < -0.39 is 5.41 Å². The molecule has 0 saturated carbocycles. The van der Waals surface area contributed by atoms with Crippen LogP contribution in [0.5, 0.6) is 5.75 Å². The Morgan fingerprint density at radius 1 is 1.37 bits per heavy atom. The first-order valence-corrected chi connectivity index (χ1v) is 6.38. The Hall–Kier alpha value is -1.55. The maximum absolute atomic E-state index is 12.5. The van der Waals surface area contributed by atoms with E-state index in [9.17, 15) is 4.79 Å². The predicted molar refractivity (Wildman–Crippen MR) is 78.7 cm³/mol. The number of methoxy groups -OCH3 is 1. The average molecular weight is 264 g/mol. The van der Waals surface area contributed by atoms with Gasteiger partial charge in [-0.3, -0.25) is 4.79 Å². The molecule has 2 N–H and O–H groups in total. The number of benzene rings is 1. The SMILES string of the molecule is COc1cc(C)cc(C)c1N(C)C(=O)C(C)(C)CN. The number of rotatable bonds is 4. The van der Waals surface area contributed by atoms with Crippen LogP contribution in [0.1, 0.15) is 25.0 Å². The zero-order chi connectivity index (χ0) is 14.8. The molecule has 0 saturated heterocycles. The van der Waals surface area contributed by atoms with Crippen molar-refractivity contribution in [2.24, 2.45) is 11.1 Å². The van der Waals surface area contributed by atoms with Gasteiger partial charge in [0.1, 0.15) is 5.75 Å². The lowest BCUT2D eigenvalue weighted by Crippen LogP contribution is -2.43. The third-order valence-corrected chi connectivity index (χ3v) is 3.36. The first kappa shape index (κ1) is 15.5. The Labute approximate surface area is 115 Å². The van der Waals surface area contributed by atoms with Crippen molar-refractivity contribution in [1.29, 1.82) is 0 Å². The maximum Gasteiger partial charge on any atom is 0.233 e. The fourth-order valence-corrected chi connectivity index (χ4v) is 2.15. The molecule has 0 bridgehead atoms. The molecular formula is C15H24N2O2. The summed E-state index contributed by atoms with van der Waals surface area (Å²) >= 11 is 0. The monoisotopic (exact) mass is 264 g/mol. The topological polar surface area (TPSA) is 55.6 Å². The second kappa shape index (κ2) is 5.61. The smallest absolute Gasteiger partial charge is 0.233 e. The molecule has 0 unspecified atom stereocenters. The molecule has 4 nitrogen and oxygen atoms in total. The number of anilines is 1. The number of ether oxygens (including phenoxy) is 1. The fraction of sp³-hybridized carbons (Fsp3) is 0.533. The van der Waals surface area contributed by atoms with Crippen LogP contribution < -0.4 is 15.4 Å². The minimum Gasteiger partial charge on any atom is -0.495 e. The lowest BCUT2D eigenvalue weighted by Gasteiger charge is -2.30. The zero-order valence-corrected chi connectivity index (χ0v) is 12.7. The summed E-state index contributed by atoms with van der Waals surface area (Å²) in [6.07, 6.45) is 0. The minimum atomic E-state index is -0.586. The molecule has 0 fully saturated rings. The summed E-state index contributed by atoms with van der Waals surface area (Å²) in [5.41, 5.74) is 8.02. The summed E-state index contributed by atoms with van der Waals surface area (Å²) in [6, 6.07) is 3.97. The molecular weight excluding hydrogens is 240 g/mol. The molecule has 0 aromatic heterocycles. The third-order valence-electron chi connectivity index (χ3n) is 3.36. The van der Waals surface area contributed by atoms with Gasteiger partial charge in [-0.05, 0) is 44.9 Å². The largest absolute Gasteiger partial charge is 0.495 e. The Morgan fingerprint density at radius 2 is 1.95 bits per heavy atom. The standard InChI is InChI=1S/C15H24N2O2/c1-10-7-11(2)13(12(8-10)19-6)17(5)14(18)15(3,4)9-16/h7-8H,9,16H2,1-6H3. The van der Waals surface area contributed by atoms with Gasteiger partial charge in [0.05, 0.1) is 18.2 Å². The highest BCUT2D eigenvalue weighted by Crippen LogP contribution is 2.34. The molecule has 4 heteroatoms. The van der Waals surface area contributed by atoms with Crippen LogP contribution in [-0.2, 0) is 4.79 Å². The van der Waals surface area contributed by atoms with Gasteiger partial charge < -0.3 is 15.4 Å². The van der Waals surface area contributed by atoms with E-state index in [0.29, 0.717) is 12.3 Å². The number of amides is 1. The number of carbonyl (C=O) groups excluding carboxylic acids is 1. The molecule has 106 valence electrons. The summed E-state index contributed by atoms with van der Waals surface area (Å²) in [6.45, 7) is 7.99. The molecule has 1 amide bonds. The van der Waals surface area contributed by atoms with Gasteiger partial charge in [-0.25, -0.2) is 0 Å². The molecule has 0 atom stereocenters. The van der Waals surface area contributed by atoms with E-state index in [1.807, 2.05) is 39.8 Å². The lowest BCUT2D eigenvalue weighted by atomic mass is 9.91. The Bertz CT molecular complexity index is 481. The van der Waals surface area contributed by atoms with Crippen LogP contribution in [0.25, 0.3) is 0 Å². The number of hydrogen-bond acceptors (Lipinski definition) is 3. The van der Waals surface area contributed by atoms with Crippen molar-refractivity contribution in [3.63, 3.8) is 0 Å². The molecule has 0 aliphatic heterocycles. The Kier molecular flexibility index (Phi) is 4.58. The van der Waals surface area contributed by atoms with Gasteiger partial charge in [-0.1, -0.05) is 6.07 Å². The lowest BCUT2D eigenvalue weighted by molar-refractivity contribution is -0.125. The molecule has 1 rings (SSSR count). The first-order chi connectivity index (χ1) is 8.74. The molecule has 0 spiro atoms. The molecule has 19 heavy (non-hydrogen) atoms. The van der Waals surface area contributed by atoms with E-state index in [1.54, 1.807) is 19.1 Å². The number of nitrogens with two attached hydrogens (primary N) is 1. The van der Waals surface area contributed by atoms with Crippen LogP contribution in [0.3, 0.4) is 0 Å². The van der Waals surface area contributed by atoms with E-state index >= 15 is 0 Å². The van der Waals surface area contributed by atoms with Gasteiger partial charge in [0.2, 0.25) is 5.91 Å². The molecule has 0 aliphatic rings. The summed E-state index contributed by atoms with van der Waals surface area (Å²) in [5, 5.41) is 0. The van der Waals surface area contributed by atoms with Gasteiger partial charge >= 0.3 is 0 Å². The molecule has 1 aromatic carbocycles. The summed E-state index contributed by atoms with van der Waals surface area (Å²) in [4.78, 5) is 14.1. The number of carbonyl (C=O) groups is 1. The van der Waals surface area contributed by atoms with Crippen LogP contribution in [0, 0.1) is 19.3 Å². The van der Waals surface area contributed by atoms with Gasteiger partial charge in [0, 0.05) is 13.6 Å². The second-order valence-electron chi connectivity index (χ2n) is 5.58. The van der Waals surface area contributed by atoms with Crippen molar-refractivity contribution in [2.45, 2.75) is 27.7 Å². The van der Waals surface area contributed by atoms with Crippen LogP contribution >= 0.6 is 0 Å². The van der Waals surface area contributed by atoms with Gasteiger partial charge in [-0.2, -0.15) is 0 Å². The maximum atomic E-state index is 12.5. The van der Waals surface area contributed by atoms with Crippen molar-refractivity contribution in [3.8, 4) is 5.75 Å². The van der Waals surface area contributed by atoms with Crippen molar-refractivity contribution >= 4 is 11.6 Å². The fourth-order valence-electron chi connectivity index (χ4n) is 2.15. The number of nitrogens with zero attached hydrogens (tertiary/aromatic N) is 1. The van der Waals surface area contributed by atoms with Gasteiger partial charge in [0.15, 0.2) is 0 Å². The van der Waals surface area contributed by atoms with Crippen LogP contribution in [0.4, 0.5) is 5.69 Å². The molecule has 0 heterocycles. The van der Waals surface area contributed by atoms with E-state index in [4.69, 9.17) is 10.5 Å². The predicted octanol–water partition coefficient (Wildman–Crippen LogP) is 2.26. The van der Waals surface area contributed by atoms with Crippen molar-refractivity contribution in [2.75, 3.05) is 25.6 Å². The minimum absolute atomic E-state index is 0.0137. The van der Waals surface area contributed by atoms with E-state index in [0.717, 1.165) is 16.8 Å². The van der Waals surface area contributed by atoms with Crippen LogP contribution in [0.2, 0.25) is 0 Å². The summed E-state index contributed by atoms with van der Waals surface area (Å²) in [5.74, 6) is 0.696. The molecule has 0 aliphatic carbocycles. The van der Waals surface area contributed by atoms with Crippen molar-refractivity contribution in [1.82, 2.24) is 0 Å². The quantitative estimate of drug-likeness (QED) is 0.907. The van der Waals surface area contributed by atoms with E-state index in [2.05, 4.69) is 0 Å². The van der Waals surface area contributed by atoms with E-state index in [-0.39, 0.29) is 5.91 Å². The highest BCUT2D eigenvalue weighted by molar-refractivity contribution is 5.98. The summed E-state index contributed by atoms with van der Waals surface area (Å²) < 4.78 is 5.40. The highest BCUT2D eigenvalue weighted by Gasteiger charge is 2.31. The Morgan fingerprint density at radius 3 is 2.42 bits per heavy atom. The average Bonchev–Trinajstić information content (AvgIpc) is 2.36. The Balaban J connectivity index is 3.27. The van der Waals surface area contributed by atoms with Crippen LogP contribution in [-0.4, -0.2) is 26.6 Å². The molecule has 0 radical (unpaired) electrons. The van der Waals surface area contributed by atoms with Gasteiger partial charge in [0.25, 0.3) is 0 Å². The first-order valence-electron chi connectivity index (χ1n) is 6.38.